The lowest BCUT2D eigenvalue weighted by Gasteiger charge is -2.07. The van der Waals surface area contributed by atoms with Crippen molar-refractivity contribution in [1.29, 1.82) is 0 Å². The second-order valence-corrected chi connectivity index (χ2v) is 6.93. The van der Waals surface area contributed by atoms with Crippen LogP contribution >= 0.6 is 11.3 Å². The number of aromatic carboxylic acids is 1. The fraction of sp³-hybridized carbons (Fsp3) is 0.389. The number of aromatic nitrogens is 2. The van der Waals surface area contributed by atoms with Crippen LogP contribution in [0.15, 0.2) is 6.20 Å². The van der Waals surface area contributed by atoms with Gasteiger partial charge < -0.3 is 19.9 Å². The van der Waals surface area contributed by atoms with Gasteiger partial charge in [0.2, 0.25) is 0 Å². The van der Waals surface area contributed by atoms with Crippen molar-refractivity contribution in [2.75, 3.05) is 18.5 Å². The molecule has 29 heavy (non-hydrogen) atoms. The number of hydrogen-bond donors (Lipinski definition) is 2. The summed E-state index contributed by atoms with van der Waals surface area (Å²) in [4.78, 5) is 48.9. The van der Waals surface area contributed by atoms with E-state index in [9.17, 15) is 24.3 Å². The standard InChI is InChI=1S/C18H21N3O7S/c1-5-7-28-17(25)11-9(3)13(18(26)27-6-2)29-15(11)20-14(22)10-8-19-21(4)12(10)16(23)24/h8H,5-7H2,1-4H3,(H,20,22)(H,23,24). The first-order valence-corrected chi connectivity index (χ1v) is 9.58. The fourth-order valence-corrected chi connectivity index (χ4v) is 3.62. The number of rotatable bonds is 8. The van der Waals surface area contributed by atoms with Gasteiger partial charge in [0.25, 0.3) is 5.91 Å². The Labute approximate surface area is 170 Å². The lowest BCUT2D eigenvalue weighted by Crippen LogP contribution is -2.18. The highest BCUT2D eigenvalue weighted by molar-refractivity contribution is 7.18. The van der Waals surface area contributed by atoms with Crippen molar-refractivity contribution < 1.29 is 33.8 Å². The van der Waals surface area contributed by atoms with Gasteiger partial charge in [-0.1, -0.05) is 6.92 Å². The van der Waals surface area contributed by atoms with Gasteiger partial charge in [-0.05, 0) is 25.8 Å². The first-order chi connectivity index (χ1) is 13.7. The van der Waals surface area contributed by atoms with Gasteiger partial charge in [0.05, 0.1) is 30.5 Å². The molecule has 2 N–H and O–H groups in total. The van der Waals surface area contributed by atoms with Crippen LogP contribution in [0.4, 0.5) is 5.00 Å². The van der Waals surface area contributed by atoms with Crippen molar-refractivity contribution in [2.24, 2.45) is 7.05 Å². The van der Waals surface area contributed by atoms with Gasteiger partial charge in [0.1, 0.15) is 9.88 Å². The molecule has 0 atom stereocenters. The summed E-state index contributed by atoms with van der Waals surface area (Å²) in [5, 5.41) is 15.7. The van der Waals surface area contributed by atoms with E-state index in [1.165, 1.54) is 7.05 Å². The molecule has 0 saturated carbocycles. The summed E-state index contributed by atoms with van der Waals surface area (Å²) in [5.41, 5.74) is -0.150. The number of nitrogens with one attached hydrogen (secondary N) is 1. The summed E-state index contributed by atoms with van der Waals surface area (Å²) in [6.07, 6.45) is 1.71. The minimum atomic E-state index is -1.33. The van der Waals surface area contributed by atoms with Crippen LogP contribution in [0, 0.1) is 6.92 Å². The quantitative estimate of drug-likeness (QED) is 0.618. The van der Waals surface area contributed by atoms with E-state index in [0.29, 0.717) is 12.0 Å². The van der Waals surface area contributed by atoms with Crippen LogP contribution in [-0.4, -0.2) is 51.9 Å². The zero-order chi connectivity index (χ0) is 21.7. The molecular weight excluding hydrogens is 402 g/mol. The Bertz CT molecular complexity index is 961. The Kier molecular flexibility index (Phi) is 7.10. The van der Waals surface area contributed by atoms with Crippen molar-refractivity contribution in [2.45, 2.75) is 27.2 Å². The molecule has 2 aromatic heterocycles. The number of thiophene rings is 1. The number of hydrogen-bond acceptors (Lipinski definition) is 8. The van der Waals surface area contributed by atoms with E-state index in [0.717, 1.165) is 22.2 Å². The third-order valence-corrected chi connectivity index (χ3v) is 5.05. The largest absolute Gasteiger partial charge is 0.477 e. The number of anilines is 1. The van der Waals surface area contributed by atoms with Crippen LogP contribution in [0.5, 0.6) is 0 Å². The molecule has 2 heterocycles. The Balaban J connectivity index is 2.46. The molecule has 11 heteroatoms. The van der Waals surface area contributed by atoms with Gasteiger partial charge in [0, 0.05) is 7.05 Å². The van der Waals surface area contributed by atoms with E-state index in [2.05, 4.69) is 10.4 Å². The smallest absolute Gasteiger partial charge is 0.354 e. The molecule has 0 spiro atoms. The second kappa shape index (κ2) is 9.32. The zero-order valence-corrected chi connectivity index (χ0v) is 17.2. The summed E-state index contributed by atoms with van der Waals surface area (Å²) < 4.78 is 11.2. The van der Waals surface area contributed by atoms with Gasteiger partial charge in [0.15, 0.2) is 5.69 Å². The SMILES string of the molecule is CCCOC(=O)c1c(NC(=O)c2cnn(C)c2C(=O)O)sc(C(=O)OCC)c1C. The number of ether oxygens (including phenoxy) is 2. The van der Waals surface area contributed by atoms with E-state index in [1.54, 1.807) is 13.8 Å². The van der Waals surface area contributed by atoms with Crippen LogP contribution in [-0.2, 0) is 16.5 Å². The summed E-state index contributed by atoms with van der Waals surface area (Å²) in [6.45, 7) is 5.34. The molecule has 2 rings (SSSR count). The molecule has 0 aromatic carbocycles. The average Bonchev–Trinajstić information content (AvgIpc) is 3.20. The summed E-state index contributed by atoms with van der Waals surface area (Å²) in [6, 6.07) is 0. The van der Waals surface area contributed by atoms with Gasteiger partial charge in [-0.25, -0.2) is 14.4 Å². The molecule has 2 aromatic rings. The number of nitrogens with zero attached hydrogens (tertiary/aromatic N) is 2. The lowest BCUT2D eigenvalue weighted by atomic mass is 10.1. The number of carboxylic acids is 1. The molecular formula is C18H21N3O7S. The van der Waals surface area contributed by atoms with Crippen LogP contribution in [0.25, 0.3) is 0 Å². The van der Waals surface area contributed by atoms with Crippen LogP contribution in [0.1, 0.15) is 66.7 Å². The molecule has 0 radical (unpaired) electrons. The summed E-state index contributed by atoms with van der Waals surface area (Å²) in [7, 11) is 1.39. The van der Waals surface area contributed by atoms with Crippen molar-refractivity contribution in [3.63, 3.8) is 0 Å². The first kappa shape index (κ1) is 22.1. The highest BCUT2D eigenvalue weighted by atomic mass is 32.1. The maximum Gasteiger partial charge on any atom is 0.354 e. The van der Waals surface area contributed by atoms with Crippen LogP contribution in [0.3, 0.4) is 0 Å². The predicted molar refractivity (Wildman–Crippen MR) is 104 cm³/mol. The van der Waals surface area contributed by atoms with Gasteiger partial charge in [-0.3, -0.25) is 9.48 Å². The lowest BCUT2D eigenvalue weighted by molar-refractivity contribution is 0.0505. The Morgan fingerprint density at radius 1 is 1.21 bits per heavy atom. The van der Waals surface area contributed by atoms with Gasteiger partial charge in [-0.15, -0.1) is 11.3 Å². The Hall–Kier alpha value is -3.21. The van der Waals surface area contributed by atoms with Crippen molar-refractivity contribution >= 4 is 40.2 Å². The minimum Gasteiger partial charge on any atom is -0.477 e. The molecule has 0 aliphatic carbocycles. The topological polar surface area (TPSA) is 137 Å². The Morgan fingerprint density at radius 3 is 2.48 bits per heavy atom. The van der Waals surface area contributed by atoms with Crippen LogP contribution in [0.2, 0.25) is 0 Å². The molecule has 0 aliphatic rings. The normalized spacial score (nSPS) is 10.5. The number of aryl methyl sites for hydroxylation is 1. The van der Waals surface area contributed by atoms with Crippen molar-refractivity contribution in [3.05, 3.63) is 33.5 Å². The molecule has 156 valence electrons. The molecule has 0 fully saturated rings. The number of carbonyl (C=O) groups is 4. The molecule has 0 aliphatic heterocycles. The Morgan fingerprint density at radius 2 is 1.90 bits per heavy atom. The maximum atomic E-state index is 12.7. The van der Waals surface area contributed by atoms with E-state index in [4.69, 9.17) is 9.47 Å². The summed E-state index contributed by atoms with van der Waals surface area (Å²) >= 11 is 0.858. The molecule has 0 bridgehead atoms. The minimum absolute atomic E-state index is 0.0284. The van der Waals surface area contributed by atoms with E-state index >= 15 is 0 Å². The zero-order valence-electron chi connectivity index (χ0n) is 16.4. The molecule has 1 amide bonds. The third-order valence-electron chi connectivity index (χ3n) is 3.86. The molecule has 0 saturated heterocycles. The number of amides is 1. The number of carbonyl (C=O) groups excluding carboxylic acids is 3. The van der Waals surface area contributed by atoms with E-state index < -0.39 is 23.8 Å². The molecule has 10 nitrogen and oxygen atoms in total. The third kappa shape index (κ3) is 4.62. The average molecular weight is 423 g/mol. The second-order valence-electron chi connectivity index (χ2n) is 5.91. The van der Waals surface area contributed by atoms with Crippen molar-refractivity contribution in [1.82, 2.24) is 9.78 Å². The number of esters is 2. The highest BCUT2D eigenvalue weighted by Gasteiger charge is 2.29. The van der Waals surface area contributed by atoms with Crippen molar-refractivity contribution in [3.8, 4) is 0 Å². The number of carboxylic acid groups (broad SMARTS) is 1. The first-order valence-electron chi connectivity index (χ1n) is 8.77. The van der Waals surface area contributed by atoms with E-state index in [1.807, 2.05) is 6.92 Å². The monoisotopic (exact) mass is 423 g/mol. The highest BCUT2D eigenvalue weighted by Crippen LogP contribution is 2.34. The maximum absolute atomic E-state index is 12.7. The summed E-state index contributed by atoms with van der Waals surface area (Å²) in [5.74, 6) is -3.44. The van der Waals surface area contributed by atoms with E-state index in [-0.39, 0.29) is 39.9 Å². The fourth-order valence-electron chi connectivity index (χ4n) is 2.53. The van der Waals surface area contributed by atoms with Gasteiger partial charge >= 0.3 is 17.9 Å². The van der Waals surface area contributed by atoms with Crippen LogP contribution < -0.4 is 5.32 Å². The van der Waals surface area contributed by atoms with Gasteiger partial charge in [-0.2, -0.15) is 5.10 Å². The predicted octanol–water partition coefficient (Wildman–Crippen LogP) is 2.48. The molecule has 0 unspecified atom stereocenters.